The maximum absolute atomic E-state index is 8.72. The lowest BCUT2D eigenvalue weighted by atomic mass is 9.79. The van der Waals surface area contributed by atoms with Crippen molar-refractivity contribution < 1.29 is 6.85 Å². The fourth-order valence-electron chi connectivity index (χ4n) is 8.84. The minimum atomic E-state index is -0.380. The van der Waals surface area contributed by atoms with Gasteiger partial charge < -0.3 is 0 Å². The minimum Gasteiger partial charge on any atom is -0.0622 e. The average molecular weight is 592 g/mol. The van der Waals surface area contributed by atoms with Crippen molar-refractivity contribution in [1.29, 1.82) is 0 Å². The summed E-state index contributed by atoms with van der Waals surface area (Å²) in [7, 11) is 0. The van der Waals surface area contributed by atoms with Gasteiger partial charge in [0.1, 0.15) is 0 Å². The van der Waals surface area contributed by atoms with E-state index >= 15 is 0 Å². The summed E-state index contributed by atoms with van der Waals surface area (Å²) in [6.07, 6.45) is 0. The molecule has 0 aliphatic heterocycles. The van der Waals surface area contributed by atoms with Crippen LogP contribution in [0, 0.1) is 0 Å². The van der Waals surface area contributed by atoms with E-state index in [4.69, 9.17) is 6.85 Å². The highest BCUT2D eigenvalue weighted by atomic mass is 14.5. The van der Waals surface area contributed by atoms with Crippen LogP contribution in [0.25, 0.3) is 76.8 Å². The summed E-state index contributed by atoms with van der Waals surface area (Å²) in [6.45, 7) is 9.39. The van der Waals surface area contributed by atoms with E-state index in [1.165, 1.54) is 44.5 Å². The Morgan fingerprint density at radius 1 is 0.435 bits per heavy atom. The van der Waals surface area contributed by atoms with E-state index in [1.54, 1.807) is 0 Å². The highest BCUT2D eigenvalue weighted by Gasteiger charge is 2.43. The molecule has 2 aliphatic carbocycles. The molecule has 0 saturated carbocycles. The maximum Gasteiger partial charge on any atom is 0.0629 e. The second-order valence-corrected chi connectivity index (χ2v) is 14.1. The molecule has 0 N–H and O–H groups in total. The zero-order valence-corrected chi connectivity index (χ0v) is 26.3. The third kappa shape index (κ3) is 3.19. The van der Waals surface area contributed by atoms with E-state index < -0.39 is 0 Å². The van der Waals surface area contributed by atoms with Crippen LogP contribution in [0.15, 0.2) is 133 Å². The number of fused-ring (bicyclic) bond motifs is 7. The molecule has 0 saturated heterocycles. The molecular formula is C46H34. The van der Waals surface area contributed by atoms with Crippen molar-refractivity contribution in [3.8, 4) is 44.5 Å². The van der Waals surface area contributed by atoms with Gasteiger partial charge in [-0.15, -0.1) is 0 Å². The molecule has 0 atom stereocenters. The van der Waals surface area contributed by atoms with Gasteiger partial charge in [0.05, 0.1) is 6.85 Å². The van der Waals surface area contributed by atoms with Gasteiger partial charge in [0, 0.05) is 10.8 Å². The number of hydrogen-bond donors (Lipinski definition) is 0. The van der Waals surface area contributed by atoms with Crippen molar-refractivity contribution >= 4 is 32.3 Å². The third-order valence-corrected chi connectivity index (χ3v) is 11.1. The molecule has 8 aromatic carbocycles. The molecule has 0 amide bonds. The summed E-state index contributed by atoms with van der Waals surface area (Å²) in [5.74, 6) is 0. The van der Waals surface area contributed by atoms with E-state index in [2.05, 4.69) is 113 Å². The van der Waals surface area contributed by atoms with Gasteiger partial charge in [-0.05, 0) is 105 Å². The third-order valence-electron chi connectivity index (χ3n) is 11.1. The first kappa shape index (κ1) is 21.5. The minimum absolute atomic E-state index is 0.0576. The summed E-state index contributed by atoms with van der Waals surface area (Å²) in [6, 6.07) is 36.1. The molecule has 0 spiro atoms. The van der Waals surface area contributed by atoms with Gasteiger partial charge in [-0.2, -0.15) is 0 Å². The SMILES string of the molecule is [2H]c1c([2H])c([2H])c(-c2ccc3ccc4c(-c5ccc6c(c5)C(C)(C)c5ccc7c(c5-6)-c5ccccc5C7(C)C)ccc5ccc2c3c54)c([2H])c1[2H]. The van der Waals surface area contributed by atoms with Crippen LogP contribution in [0.3, 0.4) is 0 Å². The fraction of sp³-hybridized carbons (Fsp3) is 0.130. The maximum atomic E-state index is 8.72. The first-order chi connectivity index (χ1) is 24.4. The van der Waals surface area contributed by atoms with Gasteiger partial charge in [0.25, 0.3) is 0 Å². The number of hydrogen-bond acceptors (Lipinski definition) is 0. The van der Waals surface area contributed by atoms with Gasteiger partial charge in [-0.25, -0.2) is 0 Å². The summed E-state index contributed by atoms with van der Waals surface area (Å²) in [4.78, 5) is 0. The van der Waals surface area contributed by atoms with Crippen molar-refractivity contribution in [2.24, 2.45) is 0 Å². The lowest BCUT2D eigenvalue weighted by molar-refractivity contribution is 0.651. The Morgan fingerprint density at radius 3 is 1.61 bits per heavy atom. The summed E-state index contributed by atoms with van der Waals surface area (Å²) < 4.78 is 42.2. The molecule has 0 nitrogen and oxygen atoms in total. The molecule has 10 rings (SSSR count). The van der Waals surface area contributed by atoms with E-state index in [1.807, 2.05) is 18.2 Å². The molecule has 218 valence electrons. The Kier molecular flexibility index (Phi) is 4.09. The molecular weight excluding hydrogens is 553 g/mol. The van der Waals surface area contributed by atoms with Crippen molar-refractivity contribution in [3.05, 3.63) is 156 Å². The Balaban J connectivity index is 1.19. The monoisotopic (exact) mass is 591 g/mol. The van der Waals surface area contributed by atoms with Crippen LogP contribution in [-0.4, -0.2) is 0 Å². The lowest BCUT2D eigenvalue weighted by Gasteiger charge is -2.24. The Bertz CT molecular complexity index is 2830. The summed E-state index contributed by atoms with van der Waals surface area (Å²) >= 11 is 0. The van der Waals surface area contributed by atoms with Gasteiger partial charge in [0.15, 0.2) is 0 Å². The topological polar surface area (TPSA) is 0 Å². The van der Waals surface area contributed by atoms with E-state index in [0.717, 1.165) is 43.4 Å². The normalized spacial score (nSPS) is 16.8. The van der Waals surface area contributed by atoms with Crippen LogP contribution in [0.1, 0.15) is 56.8 Å². The predicted octanol–water partition coefficient (Wildman–Crippen LogP) is 12.5. The smallest absolute Gasteiger partial charge is 0.0622 e. The Hall–Kier alpha value is -5.20. The van der Waals surface area contributed by atoms with Gasteiger partial charge >= 0.3 is 0 Å². The van der Waals surface area contributed by atoms with E-state index in [0.29, 0.717) is 5.56 Å². The molecule has 2 aliphatic rings. The molecule has 8 aromatic rings. The van der Waals surface area contributed by atoms with Crippen LogP contribution in [0.5, 0.6) is 0 Å². The molecule has 0 bridgehead atoms. The average Bonchev–Trinajstić information content (AvgIpc) is 3.51. The zero-order valence-electron chi connectivity index (χ0n) is 31.3. The molecule has 0 unspecified atom stereocenters. The fourth-order valence-corrected chi connectivity index (χ4v) is 8.84. The van der Waals surface area contributed by atoms with Crippen molar-refractivity contribution in [2.75, 3.05) is 0 Å². The largest absolute Gasteiger partial charge is 0.0629 e. The summed E-state index contributed by atoms with van der Waals surface area (Å²) in [5.41, 5.74) is 13.8. The summed E-state index contributed by atoms with van der Waals surface area (Å²) in [5, 5.41) is 6.34. The molecule has 0 radical (unpaired) electrons. The number of rotatable bonds is 2. The quantitative estimate of drug-likeness (QED) is 0.175. The van der Waals surface area contributed by atoms with Gasteiger partial charge in [-0.1, -0.05) is 155 Å². The number of benzene rings is 8. The highest BCUT2D eigenvalue weighted by molar-refractivity contribution is 6.27. The van der Waals surface area contributed by atoms with Crippen molar-refractivity contribution in [3.63, 3.8) is 0 Å². The van der Waals surface area contributed by atoms with E-state index in [9.17, 15) is 0 Å². The molecule has 0 heteroatoms. The van der Waals surface area contributed by atoms with Crippen LogP contribution >= 0.6 is 0 Å². The molecule has 0 fully saturated rings. The van der Waals surface area contributed by atoms with Crippen LogP contribution in [0.4, 0.5) is 0 Å². The zero-order chi connectivity index (χ0) is 35.3. The second-order valence-electron chi connectivity index (χ2n) is 14.1. The second kappa shape index (κ2) is 8.74. The standard InChI is InChI=1S/C46H34/c1-45(2)37-13-9-8-12-35(37)43-38(45)24-25-39-44(43)36-23-18-30(26-40(36)46(39,3)4)32-20-15-29-16-21-33-31(27-10-6-5-7-11-27)19-14-28-17-22-34(32)42(29)41(28)33/h5-26H,1-4H3/i5D,6D,7D,10D,11D. The predicted molar refractivity (Wildman–Crippen MR) is 196 cm³/mol. The molecule has 46 heavy (non-hydrogen) atoms. The first-order valence-electron chi connectivity index (χ1n) is 18.6. The molecule has 0 heterocycles. The van der Waals surface area contributed by atoms with E-state index in [-0.39, 0.29) is 46.6 Å². The first-order valence-corrected chi connectivity index (χ1v) is 16.1. The van der Waals surface area contributed by atoms with Crippen LogP contribution in [-0.2, 0) is 10.8 Å². The Morgan fingerprint density at radius 2 is 0.957 bits per heavy atom. The molecule has 0 aromatic heterocycles. The van der Waals surface area contributed by atoms with Crippen molar-refractivity contribution in [1.82, 2.24) is 0 Å². The van der Waals surface area contributed by atoms with Crippen LogP contribution < -0.4 is 0 Å². The lowest BCUT2D eigenvalue weighted by Crippen LogP contribution is -2.17. The Labute approximate surface area is 277 Å². The van der Waals surface area contributed by atoms with Crippen LogP contribution in [0.2, 0.25) is 0 Å². The van der Waals surface area contributed by atoms with Gasteiger partial charge in [0.2, 0.25) is 0 Å². The van der Waals surface area contributed by atoms with Gasteiger partial charge in [-0.3, -0.25) is 0 Å². The highest BCUT2D eigenvalue weighted by Crippen LogP contribution is 2.59. The van der Waals surface area contributed by atoms with Crippen molar-refractivity contribution in [2.45, 2.75) is 38.5 Å².